The lowest BCUT2D eigenvalue weighted by molar-refractivity contribution is 0.490. The van der Waals surface area contributed by atoms with E-state index in [0.29, 0.717) is 25.0 Å². The minimum absolute atomic E-state index is 0.167. The van der Waals surface area contributed by atoms with Crippen molar-refractivity contribution in [3.63, 3.8) is 0 Å². The molecule has 0 saturated heterocycles. The average Bonchev–Trinajstić information content (AvgIpc) is 2.79. The number of benzene rings is 1. The van der Waals surface area contributed by atoms with Gasteiger partial charge in [-0.05, 0) is 6.54 Å². The molecule has 0 spiro atoms. The maximum absolute atomic E-state index is 13.6. The van der Waals surface area contributed by atoms with Gasteiger partial charge in [0.1, 0.15) is 17.8 Å². The quantitative estimate of drug-likeness (QED) is 0.848. The summed E-state index contributed by atoms with van der Waals surface area (Å²) in [7, 11) is 0. The lowest BCUT2D eigenvalue weighted by Gasteiger charge is -2.08. The van der Waals surface area contributed by atoms with Crippen LogP contribution in [0.5, 0.6) is 0 Å². The normalized spacial score (nSPS) is 10.9. The van der Waals surface area contributed by atoms with Crippen LogP contribution in [0.25, 0.3) is 5.69 Å². The third kappa shape index (κ3) is 2.35. The number of nitrogens with one attached hydrogen (secondary N) is 1. The first-order valence-electron chi connectivity index (χ1n) is 5.38. The fourth-order valence-electron chi connectivity index (χ4n) is 1.50. The van der Waals surface area contributed by atoms with Crippen LogP contribution in [0, 0.1) is 17.5 Å². The van der Waals surface area contributed by atoms with Gasteiger partial charge in [-0.3, -0.25) is 0 Å². The zero-order valence-corrected chi connectivity index (χ0v) is 9.62. The molecule has 1 heterocycles. The van der Waals surface area contributed by atoms with E-state index >= 15 is 0 Å². The summed E-state index contributed by atoms with van der Waals surface area (Å²) in [6.45, 7) is 2.96. The fourth-order valence-corrected chi connectivity index (χ4v) is 1.50. The van der Waals surface area contributed by atoms with Crippen LogP contribution in [0.4, 0.5) is 13.2 Å². The number of aromatic nitrogens is 3. The molecule has 1 aromatic carbocycles. The molecule has 1 N–H and O–H groups in total. The second-order valence-corrected chi connectivity index (χ2v) is 3.59. The van der Waals surface area contributed by atoms with Gasteiger partial charge in [-0.2, -0.15) is 5.10 Å². The van der Waals surface area contributed by atoms with Gasteiger partial charge in [0, 0.05) is 12.1 Å². The second-order valence-electron chi connectivity index (χ2n) is 3.59. The fraction of sp³-hybridized carbons (Fsp3) is 0.273. The first-order chi connectivity index (χ1) is 8.63. The molecule has 0 aliphatic carbocycles. The molecule has 2 rings (SSSR count). The monoisotopic (exact) mass is 256 g/mol. The molecular weight excluding hydrogens is 245 g/mol. The largest absolute Gasteiger partial charge is 0.310 e. The van der Waals surface area contributed by atoms with Crippen molar-refractivity contribution in [2.75, 3.05) is 6.54 Å². The van der Waals surface area contributed by atoms with E-state index in [4.69, 9.17) is 0 Å². The van der Waals surface area contributed by atoms with Gasteiger partial charge in [-0.1, -0.05) is 6.92 Å². The zero-order valence-electron chi connectivity index (χ0n) is 9.62. The predicted octanol–water partition coefficient (Wildman–Crippen LogP) is 1.79. The summed E-state index contributed by atoms with van der Waals surface area (Å²) in [5.74, 6) is -2.83. The molecule has 7 heteroatoms. The number of nitrogens with zero attached hydrogens (tertiary/aromatic N) is 3. The summed E-state index contributed by atoms with van der Waals surface area (Å²) >= 11 is 0. The molecule has 0 fully saturated rings. The molecule has 0 radical (unpaired) electrons. The highest BCUT2D eigenvalue weighted by atomic mass is 19.2. The molecule has 0 atom stereocenters. The van der Waals surface area contributed by atoms with Crippen molar-refractivity contribution in [3.05, 3.63) is 41.7 Å². The van der Waals surface area contributed by atoms with Gasteiger partial charge in [0.25, 0.3) is 0 Å². The molecule has 0 saturated carbocycles. The lowest BCUT2D eigenvalue weighted by Crippen LogP contribution is -2.17. The number of halogens is 3. The molecule has 0 aliphatic rings. The first kappa shape index (κ1) is 12.6. The number of hydrogen-bond acceptors (Lipinski definition) is 3. The van der Waals surface area contributed by atoms with Gasteiger partial charge in [-0.15, -0.1) is 0 Å². The van der Waals surface area contributed by atoms with Crippen molar-refractivity contribution < 1.29 is 13.2 Å². The average molecular weight is 256 g/mol. The predicted molar refractivity (Wildman–Crippen MR) is 58.6 cm³/mol. The number of hydrogen-bond donors (Lipinski definition) is 1. The van der Waals surface area contributed by atoms with Crippen LogP contribution in [0.15, 0.2) is 18.5 Å². The zero-order chi connectivity index (χ0) is 13.1. The molecule has 1 aromatic heterocycles. The molecule has 0 unspecified atom stereocenters. The van der Waals surface area contributed by atoms with Crippen molar-refractivity contribution >= 4 is 0 Å². The van der Waals surface area contributed by atoms with Gasteiger partial charge >= 0.3 is 0 Å². The van der Waals surface area contributed by atoms with Crippen LogP contribution in [0.1, 0.15) is 12.7 Å². The van der Waals surface area contributed by atoms with E-state index in [1.165, 1.54) is 6.33 Å². The Labute approximate surface area is 101 Å². The molecule has 18 heavy (non-hydrogen) atoms. The minimum Gasteiger partial charge on any atom is -0.310 e. The van der Waals surface area contributed by atoms with Gasteiger partial charge in [0.05, 0.1) is 6.54 Å². The van der Waals surface area contributed by atoms with Crippen LogP contribution in [0.2, 0.25) is 0 Å². The molecule has 2 aromatic rings. The van der Waals surface area contributed by atoms with Crippen LogP contribution >= 0.6 is 0 Å². The summed E-state index contributed by atoms with van der Waals surface area (Å²) in [5.41, 5.74) is -0.167. The summed E-state index contributed by atoms with van der Waals surface area (Å²) in [4.78, 5) is 3.93. The Morgan fingerprint density at radius 1 is 1.17 bits per heavy atom. The van der Waals surface area contributed by atoms with Gasteiger partial charge in [0.15, 0.2) is 17.5 Å². The lowest BCUT2D eigenvalue weighted by atomic mass is 10.3. The smallest absolute Gasteiger partial charge is 0.161 e. The molecule has 0 amide bonds. The van der Waals surface area contributed by atoms with E-state index in [-0.39, 0.29) is 5.69 Å². The first-order valence-corrected chi connectivity index (χ1v) is 5.38. The maximum Gasteiger partial charge on any atom is 0.161 e. The molecule has 0 aliphatic heterocycles. The minimum atomic E-state index is -1.23. The van der Waals surface area contributed by atoms with E-state index in [1.807, 2.05) is 6.92 Å². The Kier molecular flexibility index (Phi) is 3.61. The standard InChI is InChI=1S/C11H11F3N4/c1-2-15-5-11-16-6-17-18(11)10-4-8(13)7(12)3-9(10)14/h3-4,6,15H,2,5H2,1H3. The Balaban J connectivity index is 2.42. The maximum atomic E-state index is 13.6. The van der Waals surface area contributed by atoms with E-state index in [0.717, 1.165) is 10.7 Å². The van der Waals surface area contributed by atoms with Crippen molar-refractivity contribution in [3.8, 4) is 5.69 Å². The summed E-state index contributed by atoms with van der Waals surface area (Å²) < 4.78 is 40.7. The highest BCUT2D eigenvalue weighted by Crippen LogP contribution is 2.18. The van der Waals surface area contributed by atoms with E-state index < -0.39 is 17.5 Å². The van der Waals surface area contributed by atoms with E-state index in [9.17, 15) is 13.2 Å². The number of rotatable bonds is 4. The Bertz CT molecular complexity index is 553. The molecule has 4 nitrogen and oxygen atoms in total. The van der Waals surface area contributed by atoms with Crippen LogP contribution in [0.3, 0.4) is 0 Å². The highest BCUT2D eigenvalue weighted by molar-refractivity contribution is 5.34. The van der Waals surface area contributed by atoms with E-state index in [2.05, 4.69) is 15.4 Å². The third-order valence-electron chi connectivity index (χ3n) is 2.37. The highest BCUT2D eigenvalue weighted by Gasteiger charge is 2.14. The Hall–Kier alpha value is -1.89. The van der Waals surface area contributed by atoms with Crippen LogP contribution < -0.4 is 5.32 Å². The van der Waals surface area contributed by atoms with Crippen LogP contribution in [-0.4, -0.2) is 21.3 Å². The van der Waals surface area contributed by atoms with Gasteiger partial charge in [0.2, 0.25) is 0 Å². The summed E-state index contributed by atoms with van der Waals surface area (Å²) in [6.07, 6.45) is 1.23. The van der Waals surface area contributed by atoms with Crippen molar-refractivity contribution in [1.29, 1.82) is 0 Å². The van der Waals surface area contributed by atoms with Gasteiger partial charge < -0.3 is 5.32 Å². The SMILES string of the molecule is CCNCc1ncnn1-c1cc(F)c(F)cc1F. The summed E-state index contributed by atoms with van der Waals surface area (Å²) in [6, 6.07) is 1.25. The molecule has 0 bridgehead atoms. The van der Waals surface area contributed by atoms with E-state index in [1.54, 1.807) is 0 Å². The van der Waals surface area contributed by atoms with Crippen molar-refractivity contribution in [2.45, 2.75) is 13.5 Å². The second kappa shape index (κ2) is 5.18. The Morgan fingerprint density at radius 3 is 2.61 bits per heavy atom. The molecular formula is C11H11F3N4. The third-order valence-corrected chi connectivity index (χ3v) is 2.37. The van der Waals surface area contributed by atoms with Crippen molar-refractivity contribution in [1.82, 2.24) is 20.1 Å². The van der Waals surface area contributed by atoms with Gasteiger partial charge in [-0.25, -0.2) is 22.8 Å². The summed E-state index contributed by atoms with van der Waals surface area (Å²) in [5, 5.41) is 6.80. The topological polar surface area (TPSA) is 42.7 Å². The van der Waals surface area contributed by atoms with Crippen LogP contribution in [-0.2, 0) is 6.54 Å². The Morgan fingerprint density at radius 2 is 1.89 bits per heavy atom. The molecule has 96 valence electrons. The van der Waals surface area contributed by atoms with Crippen molar-refractivity contribution in [2.24, 2.45) is 0 Å².